The van der Waals surface area contributed by atoms with Gasteiger partial charge in [0, 0.05) is 4.47 Å². The standard InChI is InChI=1S/C15H17BrO3/c1-10-4-2-3-5-11(10)9-19-14-7-6-12(16)8-13(14)15(17)18/h2-3,6-8,10-11H,4-5,9H2,1H3,(H,17,18). The maximum atomic E-state index is 11.2. The molecule has 1 aromatic rings. The molecule has 0 amide bonds. The van der Waals surface area contributed by atoms with Crippen LogP contribution < -0.4 is 4.74 Å². The minimum Gasteiger partial charge on any atom is -0.492 e. The number of carboxylic acids is 1. The molecule has 4 heteroatoms. The molecule has 0 bridgehead atoms. The van der Waals surface area contributed by atoms with Gasteiger partial charge in [-0.15, -0.1) is 0 Å². The van der Waals surface area contributed by atoms with Crippen molar-refractivity contribution in [2.75, 3.05) is 6.61 Å². The van der Waals surface area contributed by atoms with E-state index in [1.807, 2.05) is 0 Å². The highest BCUT2D eigenvalue weighted by Crippen LogP contribution is 2.28. The van der Waals surface area contributed by atoms with Crippen molar-refractivity contribution in [3.05, 3.63) is 40.4 Å². The molecule has 0 spiro atoms. The molecule has 2 rings (SSSR count). The van der Waals surface area contributed by atoms with E-state index in [-0.39, 0.29) is 5.56 Å². The number of ether oxygens (including phenoxy) is 1. The third-order valence-electron chi connectivity index (χ3n) is 3.54. The van der Waals surface area contributed by atoms with Crippen molar-refractivity contribution in [1.29, 1.82) is 0 Å². The van der Waals surface area contributed by atoms with Gasteiger partial charge in [0.15, 0.2) is 0 Å². The lowest BCUT2D eigenvalue weighted by Crippen LogP contribution is -2.21. The zero-order valence-electron chi connectivity index (χ0n) is 10.8. The number of benzene rings is 1. The molecular formula is C15H17BrO3. The molecule has 19 heavy (non-hydrogen) atoms. The Hall–Kier alpha value is -1.29. The number of rotatable bonds is 4. The molecule has 0 radical (unpaired) electrons. The van der Waals surface area contributed by atoms with E-state index >= 15 is 0 Å². The zero-order chi connectivity index (χ0) is 13.8. The van der Waals surface area contributed by atoms with Crippen LogP contribution in [0.3, 0.4) is 0 Å². The average molecular weight is 325 g/mol. The van der Waals surface area contributed by atoms with Gasteiger partial charge in [0.25, 0.3) is 0 Å². The normalized spacial score (nSPS) is 22.2. The average Bonchev–Trinajstić information content (AvgIpc) is 2.38. The minimum absolute atomic E-state index is 0.202. The molecule has 0 aromatic heterocycles. The second-order valence-corrected chi connectivity index (χ2v) is 5.85. The summed E-state index contributed by atoms with van der Waals surface area (Å²) in [5, 5.41) is 9.17. The van der Waals surface area contributed by atoms with Gasteiger partial charge in [0.05, 0.1) is 6.61 Å². The first-order valence-electron chi connectivity index (χ1n) is 6.38. The van der Waals surface area contributed by atoms with E-state index in [0.717, 1.165) is 17.3 Å². The lowest BCUT2D eigenvalue weighted by molar-refractivity contribution is 0.0690. The summed E-state index contributed by atoms with van der Waals surface area (Å²) in [6.07, 6.45) is 6.44. The molecule has 0 fully saturated rings. The second kappa shape index (κ2) is 6.24. The maximum Gasteiger partial charge on any atom is 0.339 e. The van der Waals surface area contributed by atoms with Gasteiger partial charge in [-0.3, -0.25) is 0 Å². The quantitative estimate of drug-likeness (QED) is 0.847. The van der Waals surface area contributed by atoms with E-state index in [1.54, 1.807) is 18.2 Å². The van der Waals surface area contributed by atoms with Gasteiger partial charge in [0.2, 0.25) is 0 Å². The van der Waals surface area contributed by atoms with E-state index in [9.17, 15) is 4.79 Å². The van der Waals surface area contributed by atoms with Gasteiger partial charge in [-0.25, -0.2) is 4.79 Å². The second-order valence-electron chi connectivity index (χ2n) is 4.94. The van der Waals surface area contributed by atoms with Gasteiger partial charge < -0.3 is 9.84 Å². The predicted molar refractivity (Wildman–Crippen MR) is 77.6 cm³/mol. The van der Waals surface area contributed by atoms with E-state index in [2.05, 4.69) is 35.0 Å². The van der Waals surface area contributed by atoms with Crippen LogP contribution in [0.15, 0.2) is 34.8 Å². The monoisotopic (exact) mass is 324 g/mol. The Bertz CT molecular complexity index is 496. The fourth-order valence-electron chi connectivity index (χ4n) is 2.23. The van der Waals surface area contributed by atoms with E-state index in [0.29, 0.717) is 24.2 Å². The molecule has 1 N–H and O–H groups in total. The van der Waals surface area contributed by atoms with E-state index in [4.69, 9.17) is 9.84 Å². The third-order valence-corrected chi connectivity index (χ3v) is 4.04. The Morgan fingerprint density at radius 1 is 1.42 bits per heavy atom. The molecule has 1 aliphatic rings. The molecule has 2 atom stereocenters. The highest BCUT2D eigenvalue weighted by atomic mass is 79.9. The molecule has 0 saturated carbocycles. The highest BCUT2D eigenvalue weighted by molar-refractivity contribution is 9.10. The number of carbonyl (C=O) groups is 1. The zero-order valence-corrected chi connectivity index (χ0v) is 12.4. The Morgan fingerprint density at radius 3 is 2.84 bits per heavy atom. The molecule has 2 unspecified atom stereocenters. The summed E-state index contributed by atoms with van der Waals surface area (Å²) in [6.45, 7) is 2.77. The van der Waals surface area contributed by atoms with Crippen LogP contribution in [0.2, 0.25) is 0 Å². The van der Waals surface area contributed by atoms with Crippen molar-refractivity contribution < 1.29 is 14.6 Å². The number of aromatic carboxylic acids is 1. The molecule has 0 saturated heterocycles. The fraction of sp³-hybridized carbons (Fsp3) is 0.400. The summed E-state index contributed by atoms with van der Waals surface area (Å²) in [4.78, 5) is 11.2. The molecule has 3 nitrogen and oxygen atoms in total. The lowest BCUT2D eigenvalue weighted by atomic mass is 9.85. The van der Waals surface area contributed by atoms with Crippen LogP contribution in [0.25, 0.3) is 0 Å². The maximum absolute atomic E-state index is 11.2. The fourth-order valence-corrected chi connectivity index (χ4v) is 2.59. The van der Waals surface area contributed by atoms with Gasteiger partial charge in [-0.1, -0.05) is 35.0 Å². The lowest BCUT2D eigenvalue weighted by Gasteiger charge is -2.25. The Kier molecular flexibility index (Phi) is 4.64. The van der Waals surface area contributed by atoms with Crippen LogP contribution in [-0.2, 0) is 0 Å². The van der Waals surface area contributed by atoms with Crippen molar-refractivity contribution in [1.82, 2.24) is 0 Å². The number of allylic oxidation sites excluding steroid dienone is 2. The van der Waals surface area contributed by atoms with Crippen LogP contribution in [0.5, 0.6) is 5.75 Å². The molecule has 1 aromatic carbocycles. The number of halogens is 1. The summed E-state index contributed by atoms with van der Waals surface area (Å²) >= 11 is 3.27. The molecular weight excluding hydrogens is 308 g/mol. The van der Waals surface area contributed by atoms with E-state index in [1.165, 1.54) is 0 Å². The van der Waals surface area contributed by atoms with Crippen LogP contribution in [0, 0.1) is 11.8 Å². The number of carboxylic acid groups (broad SMARTS) is 1. The topological polar surface area (TPSA) is 46.5 Å². The van der Waals surface area contributed by atoms with Crippen molar-refractivity contribution in [2.24, 2.45) is 11.8 Å². The summed E-state index contributed by atoms with van der Waals surface area (Å²) < 4.78 is 6.47. The number of hydrogen-bond donors (Lipinski definition) is 1. The summed E-state index contributed by atoms with van der Waals surface area (Å²) in [5.74, 6) is 0.509. The largest absolute Gasteiger partial charge is 0.492 e. The first-order chi connectivity index (χ1) is 9.08. The highest BCUT2D eigenvalue weighted by Gasteiger charge is 2.20. The first kappa shape index (κ1) is 14.1. The van der Waals surface area contributed by atoms with Crippen molar-refractivity contribution in [3.63, 3.8) is 0 Å². The van der Waals surface area contributed by atoms with Crippen molar-refractivity contribution >= 4 is 21.9 Å². The van der Waals surface area contributed by atoms with Crippen LogP contribution in [-0.4, -0.2) is 17.7 Å². The Morgan fingerprint density at radius 2 is 2.16 bits per heavy atom. The third kappa shape index (κ3) is 3.60. The van der Waals surface area contributed by atoms with Crippen LogP contribution >= 0.6 is 15.9 Å². The van der Waals surface area contributed by atoms with Crippen molar-refractivity contribution in [3.8, 4) is 5.75 Å². The van der Waals surface area contributed by atoms with Crippen LogP contribution in [0.4, 0.5) is 0 Å². The van der Waals surface area contributed by atoms with E-state index < -0.39 is 5.97 Å². The van der Waals surface area contributed by atoms with Gasteiger partial charge in [-0.2, -0.15) is 0 Å². The summed E-state index contributed by atoms with van der Waals surface area (Å²) in [7, 11) is 0. The minimum atomic E-state index is -0.965. The summed E-state index contributed by atoms with van der Waals surface area (Å²) in [5.41, 5.74) is 0.202. The molecule has 0 heterocycles. The smallest absolute Gasteiger partial charge is 0.339 e. The van der Waals surface area contributed by atoms with Gasteiger partial charge >= 0.3 is 5.97 Å². The van der Waals surface area contributed by atoms with Gasteiger partial charge in [-0.05, 0) is 42.9 Å². The molecule has 0 aliphatic heterocycles. The van der Waals surface area contributed by atoms with Crippen LogP contribution in [0.1, 0.15) is 30.1 Å². The SMILES string of the molecule is CC1CC=CCC1COc1ccc(Br)cc1C(=O)O. The predicted octanol–water partition coefficient (Wildman–Crippen LogP) is 4.13. The summed E-state index contributed by atoms with van der Waals surface area (Å²) in [6, 6.07) is 5.07. The van der Waals surface area contributed by atoms with Gasteiger partial charge in [0.1, 0.15) is 11.3 Å². The molecule has 1 aliphatic carbocycles. The Balaban J connectivity index is 2.07. The first-order valence-corrected chi connectivity index (χ1v) is 7.18. The number of hydrogen-bond acceptors (Lipinski definition) is 2. The Labute approximate surface area is 121 Å². The molecule has 102 valence electrons. The van der Waals surface area contributed by atoms with Crippen molar-refractivity contribution in [2.45, 2.75) is 19.8 Å².